The summed E-state index contributed by atoms with van der Waals surface area (Å²) in [5, 5.41) is 3.49. The highest BCUT2D eigenvalue weighted by atomic mass is 16.1. The molecule has 1 amide bonds. The van der Waals surface area contributed by atoms with Gasteiger partial charge in [-0.1, -0.05) is 29.3 Å². The molecule has 2 aromatic carbocycles. The van der Waals surface area contributed by atoms with Crippen LogP contribution in [0.3, 0.4) is 0 Å². The lowest BCUT2D eigenvalue weighted by molar-refractivity contribution is 0.1000. The summed E-state index contributed by atoms with van der Waals surface area (Å²) in [6, 6.07) is 12.2. The molecule has 0 aliphatic carbocycles. The molecule has 110 valence electrons. The van der Waals surface area contributed by atoms with Crippen LogP contribution in [0.4, 0.5) is 5.69 Å². The summed E-state index contributed by atoms with van der Waals surface area (Å²) < 4.78 is 0. The number of benzene rings is 2. The van der Waals surface area contributed by atoms with Crippen molar-refractivity contribution in [2.75, 3.05) is 5.32 Å². The molecular weight excluding hydrogens is 260 g/mol. The van der Waals surface area contributed by atoms with Crippen LogP contribution in [0, 0.1) is 20.8 Å². The molecule has 3 N–H and O–H groups in total. The third kappa shape index (κ3) is 3.63. The van der Waals surface area contributed by atoms with Crippen LogP contribution in [0.15, 0.2) is 36.4 Å². The lowest BCUT2D eigenvalue weighted by atomic mass is 10.0. The van der Waals surface area contributed by atoms with Gasteiger partial charge >= 0.3 is 0 Å². The topological polar surface area (TPSA) is 55.1 Å². The molecule has 0 saturated carbocycles. The molecule has 0 aliphatic rings. The van der Waals surface area contributed by atoms with Crippen LogP contribution in [0.1, 0.15) is 45.6 Å². The molecule has 21 heavy (non-hydrogen) atoms. The minimum absolute atomic E-state index is 0.196. The number of carbonyl (C=O) groups is 1. The molecule has 2 rings (SSSR count). The van der Waals surface area contributed by atoms with Crippen molar-refractivity contribution in [2.45, 2.75) is 33.7 Å². The lowest BCUT2D eigenvalue weighted by Crippen LogP contribution is -2.12. The average molecular weight is 282 g/mol. The minimum atomic E-state index is -0.396. The third-order valence-electron chi connectivity index (χ3n) is 3.63. The van der Waals surface area contributed by atoms with Gasteiger partial charge in [0.1, 0.15) is 0 Å². The van der Waals surface area contributed by atoms with E-state index in [0.29, 0.717) is 5.56 Å². The molecule has 0 heterocycles. The SMILES string of the molecule is Cc1cc(C)cc(C(C)Nc2ccc(C(N)=O)cc2C)c1. The fourth-order valence-electron chi connectivity index (χ4n) is 2.56. The molecule has 3 heteroatoms. The maximum absolute atomic E-state index is 11.2. The Kier molecular flexibility index (Phi) is 4.32. The number of nitrogens with one attached hydrogen (secondary N) is 1. The van der Waals surface area contributed by atoms with Gasteiger partial charge < -0.3 is 11.1 Å². The fourth-order valence-corrected chi connectivity index (χ4v) is 2.56. The van der Waals surface area contributed by atoms with Gasteiger partial charge in [-0.25, -0.2) is 0 Å². The first-order valence-corrected chi connectivity index (χ1v) is 7.12. The summed E-state index contributed by atoms with van der Waals surface area (Å²) in [6.45, 7) is 8.32. The van der Waals surface area contributed by atoms with Gasteiger partial charge in [0.05, 0.1) is 0 Å². The molecule has 0 aromatic heterocycles. The second-order valence-electron chi connectivity index (χ2n) is 5.68. The van der Waals surface area contributed by atoms with Crippen molar-refractivity contribution in [3.8, 4) is 0 Å². The molecule has 0 radical (unpaired) electrons. The zero-order valence-corrected chi connectivity index (χ0v) is 13.0. The summed E-state index contributed by atoms with van der Waals surface area (Å²) in [7, 11) is 0. The Labute approximate surface area is 126 Å². The zero-order valence-electron chi connectivity index (χ0n) is 13.0. The molecular formula is C18H22N2O. The zero-order chi connectivity index (χ0) is 15.6. The number of anilines is 1. The molecule has 0 saturated heterocycles. The Morgan fingerprint density at radius 1 is 1.05 bits per heavy atom. The summed E-state index contributed by atoms with van der Waals surface area (Å²) in [6.07, 6.45) is 0. The quantitative estimate of drug-likeness (QED) is 0.894. The van der Waals surface area contributed by atoms with Crippen molar-refractivity contribution >= 4 is 11.6 Å². The summed E-state index contributed by atoms with van der Waals surface area (Å²) in [4.78, 5) is 11.2. The van der Waals surface area contributed by atoms with Gasteiger partial charge in [0.25, 0.3) is 0 Å². The Hall–Kier alpha value is -2.29. The Morgan fingerprint density at radius 2 is 1.67 bits per heavy atom. The van der Waals surface area contributed by atoms with Gasteiger partial charge in [-0.2, -0.15) is 0 Å². The standard InChI is InChI=1S/C18H22N2O/c1-11-7-12(2)9-16(8-11)14(4)20-17-6-5-15(18(19)21)10-13(17)3/h5-10,14,20H,1-4H3,(H2,19,21). The van der Waals surface area contributed by atoms with Crippen molar-refractivity contribution < 1.29 is 4.79 Å². The van der Waals surface area contributed by atoms with Crippen LogP contribution in [-0.2, 0) is 0 Å². The lowest BCUT2D eigenvalue weighted by Gasteiger charge is -2.19. The van der Waals surface area contributed by atoms with Crippen molar-refractivity contribution in [3.05, 3.63) is 64.2 Å². The van der Waals surface area contributed by atoms with Crippen LogP contribution >= 0.6 is 0 Å². The molecule has 1 unspecified atom stereocenters. The molecule has 0 spiro atoms. The van der Waals surface area contributed by atoms with E-state index in [1.807, 2.05) is 19.1 Å². The van der Waals surface area contributed by atoms with E-state index in [-0.39, 0.29) is 6.04 Å². The number of aryl methyl sites for hydroxylation is 3. The van der Waals surface area contributed by atoms with Crippen molar-refractivity contribution in [1.29, 1.82) is 0 Å². The van der Waals surface area contributed by atoms with E-state index in [9.17, 15) is 4.79 Å². The molecule has 3 nitrogen and oxygen atoms in total. The van der Waals surface area contributed by atoms with Gasteiger partial charge in [-0.05, 0) is 57.0 Å². The number of hydrogen-bond donors (Lipinski definition) is 2. The highest BCUT2D eigenvalue weighted by Gasteiger charge is 2.09. The third-order valence-corrected chi connectivity index (χ3v) is 3.63. The van der Waals surface area contributed by atoms with Crippen LogP contribution in [0.2, 0.25) is 0 Å². The van der Waals surface area contributed by atoms with E-state index in [0.717, 1.165) is 11.3 Å². The van der Waals surface area contributed by atoms with Crippen molar-refractivity contribution in [2.24, 2.45) is 5.73 Å². The molecule has 0 bridgehead atoms. The Morgan fingerprint density at radius 3 is 2.19 bits per heavy atom. The number of carbonyl (C=O) groups excluding carboxylic acids is 1. The van der Waals surface area contributed by atoms with E-state index in [4.69, 9.17) is 5.73 Å². The number of amides is 1. The predicted molar refractivity (Wildman–Crippen MR) is 87.7 cm³/mol. The summed E-state index contributed by atoms with van der Waals surface area (Å²) >= 11 is 0. The largest absolute Gasteiger partial charge is 0.378 e. The first kappa shape index (κ1) is 15.1. The van der Waals surface area contributed by atoms with Crippen LogP contribution in [-0.4, -0.2) is 5.91 Å². The maximum atomic E-state index is 11.2. The number of nitrogens with two attached hydrogens (primary N) is 1. The van der Waals surface area contributed by atoms with Crippen molar-refractivity contribution in [3.63, 3.8) is 0 Å². The normalized spacial score (nSPS) is 12.0. The maximum Gasteiger partial charge on any atom is 0.248 e. The fraction of sp³-hybridized carbons (Fsp3) is 0.278. The van der Waals surface area contributed by atoms with Gasteiger partial charge in [0, 0.05) is 17.3 Å². The predicted octanol–water partition coefficient (Wildman–Crippen LogP) is 3.88. The average Bonchev–Trinajstić information content (AvgIpc) is 2.39. The molecule has 2 aromatic rings. The Bertz CT molecular complexity index is 657. The number of primary amides is 1. The van der Waals surface area contributed by atoms with E-state index >= 15 is 0 Å². The highest BCUT2D eigenvalue weighted by Crippen LogP contribution is 2.24. The first-order chi connectivity index (χ1) is 9.86. The van der Waals surface area contributed by atoms with E-state index < -0.39 is 5.91 Å². The van der Waals surface area contributed by atoms with Crippen molar-refractivity contribution in [1.82, 2.24) is 0 Å². The van der Waals surface area contributed by atoms with E-state index in [2.05, 4.69) is 44.3 Å². The molecule has 1 atom stereocenters. The minimum Gasteiger partial charge on any atom is -0.378 e. The van der Waals surface area contributed by atoms with Gasteiger partial charge in [0.15, 0.2) is 0 Å². The molecule has 0 fully saturated rings. The van der Waals surface area contributed by atoms with Gasteiger partial charge in [-0.15, -0.1) is 0 Å². The monoisotopic (exact) mass is 282 g/mol. The summed E-state index contributed by atoms with van der Waals surface area (Å²) in [5.41, 5.74) is 11.7. The second kappa shape index (κ2) is 6.00. The van der Waals surface area contributed by atoms with Crippen LogP contribution in [0.5, 0.6) is 0 Å². The molecule has 0 aliphatic heterocycles. The van der Waals surface area contributed by atoms with Crippen LogP contribution in [0.25, 0.3) is 0 Å². The van der Waals surface area contributed by atoms with E-state index in [1.165, 1.54) is 16.7 Å². The first-order valence-electron chi connectivity index (χ1n) is 7.12. The van der Waals surface area contributed by atoms with E-state index in [1.54, 1.807) is 6.07 Å². The van der Waals surface area contributed by atoms with Gasteiger partial charge in [-0.3, -0.25) is 4.79 Å². The number of rotatable bonds is 4. The van der Waals surface area contributed by atoms with Gasteiger partial charge in [0.2, 0.25) is 5.91 Å². The number of hydrogen-bond acceptors (Lipinski definition) is 2. The Balaban J connectivity index is 2.23. The summed E-state index contributed by atoms with van der Waals surface area (Å²) in [5.74, 6) is -0.396. The second-order valence-corrected chi connectivity index (χ2v) is 5.68. The van der Waals surface area contributed by atoms with Crippen LogP contribution < -0.4 is 11.1 Å². The smallest absolute Gasteiger partial charge is 0.248 e. The highest BCUT2D eigenvalue weighted by molar-refractivity contribution is 5.93.